The smallest absolute Gasteiger partial charge is 0.408 e. The molecule has 3 N–H and O–H groups in total. The lowest BCUT2D eigenvalue weighted by Gasteiger charge is -2.35. The van der Waals surface area contributed by atoms with Gasteiger partial charge in [-0.05, 0) is 39.0 Å². The van der Waals surface area contributed by atoms with E-state index in [0.717, 1.165) is 4.90 Å². The molecular weight excluding hydrogens is 492 g/mol. The summed E-state index contributed by atoms with van der Waals surface area (Å²) in [6.07, 6.45) is -1.61. The number of alkyl carbamates (subject to hydrolysis) is 1. The van der Waals surface area contributed by atoms with Gasteiger partial charge in [0.15, 0.2) is 0 Å². The fourth-order valence-corrected chi connectivity index (χ4v) is 4.34. The Kier molecular flexibility index (Phi) is 9.82. The average Bonchev–Trinajstić information content (AvgIpc) is 3.34. The topological polar surface area (TPSA) is 150 Å². The van der Waals surface area contributed by atoms with E-state index in [1.165, 1.54) is 0 Å². The molecule has 4 amide bonds. The van der Waals surface area contributed by atoms with Crippen molar-refractivity contribution in [3.63, 3.8) is 0 Å². The lowest BCUT2D eigenvalue weighted by Crippen LogP contribution is -2.58. The van der Waals surface area contributed by atoms with Crippen LogP contribution < -0.4 is 16.0 Å². The Labute approximate surface area is 215 Å². The van der Waals surface area contributed by atoms with Gasteiger partial charge in [-0.15, -0.1) is 0 Å². The standard InChI is InChI=1S/C24H37F2N5O6/c1-23(2,3)17(30-22(35)37-24(4,5)6)20(34)31-12-15(36-21(25)26)10-16(31)19(33)29-14(11-27)9-13-7-8-28-18(13)32/h13-17,21H,7-10,12H2,1-6H3,(H,28,32)(H,29,33)(H,30,35)/t13-,14-,15+,16-,17+/m0/s1. The van der Waals surface area contributed by atoms with Crippen molar-refractivity contribution in [2.24, 2.45) is 11.3 Å². The Morgan fingerprint density at radius 2 is 1.84 bits per heavy atom. The third kappa shape index (κ3) is 8.80. The summed E-state index contributed by atoms with van der Waals surface area (Å²) in [5, 5.41) is 17.3. The summed E-state index contributed by atoms with van der Waals surface area (Å²) in [5.74, 6) is -2.06. The van der Waals surface area contributed by atoms with E-state index in [2.05, 4.69) is 20.7 Å². The largest absolute Gasteiger partial charge is 0.444 e. The van der Waals surface area contributed by atoms with Gasteiger partial charge in [0, 0.05) is 25.4 Å². The van der Waals surface area contributed by atoms with Crippen molar-refractivity contribution in [3.05, 3.63) is 0 Å². The van der Waals surface area contributed by atoms with Crippen molar-refractivity contribution in [1.82, 2.24) is 20.9 Å². The molecule has 2 aliphatic heterocycles. The molecule has 5 atom stereocenters. The van der Waals surface area contributed by atoms with Gasteiger partial charge in [-0.1, -0.05) is 20.8 Å². The summed E-state index contributed by atoms with van der Waals surface area (Å²) >= 11 is 0. The first-order valence-electron chi connectivity index (χ1n) is 12.2. The van der Waals surface area contributed by atoms with E-state index >= 15 is 0 Å². The van der Waals surface area contributed by atoms with Gasteiger partial charge in [-0.25, -0.2) is 4.79 Å². The number of nitrogens with zero attached hydrogens (tertiary/aromatic N) is 2. The number of nitriles is 1. The minimum absolute atomic E-state index is 0.0799. The second kappa shape index (κ2) is 12.0. The summed E-state index contributed by atoms with van der Waals surface area (Å²) in [4.78, 5) is 52.2. The SMILES string of the molecule is CC(C)(C)OC(=O)N[C@H](C(=O)N1C[C@H](OC(F)F)C[C@H]1C(=O)N[C@H](C#N)C[C@@H]1CCNC1=O)C(C)(C)C. The van der Waals surface area contributed by atoms with E-state index in [1.54, 1.807) is 41.5 Å². The Morgan fingerprint density at radius 1 is 1.19 bits per heavy atom. The van der Waals surface area contributed by atoms with Gasteiger partial charge in [0.25, 0.3) is 0 Å². The number of amides is 4. The van der Waals surface area contributed by atoms with Crippen molar-refractivity contribution in [3.8, 4) is 6.07 Å². The number of hydrogen-bond acceptors (Lipinski definition) is 7. The number of alkyl halides is 2. The highest BCUT2D eigenvalue weighted by Gasteiger charge is 2.46. The summed E-state index contributed by atoms with van der Waals surface area (Å²) < 4.78 is 35.8. The van der Waals surface area contributed by atoms with Crippen LogP contribution in [0, 0.1) is 22.7 Å². The van der Waals surface area contributed by atoms with Crippen LogP contribution in [0.25, 0.3) is 0 Å². The van der Waals surface area contributed by atoms with E-state index < -0.39 is 65.7 Å². The van der Waals surface area contributed by atoms with Crippen molar-refractivity contribution in [2.45, 2.75) is 97.2 Å². The summed E-state index contributed by atoms with van der Waals surface area (Å²) in [7, 11) is 0. The molecule has 0 aromatic rings. The summed E-state index contributed by atoms with van der Waals surface area (Å²) in [6, 6.07) is -1.46. The molecular formula is C24H37F2N5O6. The average molecular weight is 530 g/mol. The predicted molar refractivity (Wildman–Crippen MR) is 127 cm³/mol. The van der Waals surface area contributed by atoms with Gasteiger partial charge in [0.1, 0.15) is 23.7 Å². The Bertz CT molecular complexity index is 911. The molecule has 0 aromatic heterocycles. The fraction of sp³-hybridized carbons (Fsp3) is 0.792. The third-order valence-electron chi connectivity index (χ3n) is 6.07. The Morgan fingerprint density at radius 3 is 2.32 bits per heavy atom. The zero-order valence-corrected chi connectivity index (χ0v) is 22.1. The van der Waals surface area contributed by atoms with Crippen LogP contribution in [0.2, 0.25) is 0 Å². The van der Waals surface area contributed by atoms with Crippen LogP contribution in [-0.4, -0.2) is 78.2 Å². The molecule has 37 heavy (non-hydrogen) atoms. The van der Waals surface area contributed by atoms with Gasteiger partial charge in [-0.3, -0.25) is 14.4 Å². The van der Waals surface area contributed by atoms with Gasteiger partial charge in [0.2, 0.25) is 17.7 Å². The van der Waals surface area contributed by atoms with E-state index in [-0.39, 0.29) is 25.3 Å². The highest BCUT2D eigenvalue weighted by atomic mass is 19.3. The maximum absolute atomic E-state index is 13.6. The maximum Gasteiger partial charge on any atom is 0.408 e. The quantitative estimate of drug-likeness (QED) is 0.433. The Hall–Kier alpha value is -3.01. The number of halogens is 2. The van der Waals surface area contributed by atoms with E-state index in [9.17, 15) is 33.2 Å². The minimum atomic E-state index is -3.12. The molecule has 13 heteroatoms. The van der Waals surface area contributed by atoms with Gasteiger partial charge >= 0.3 is 12.7 Å². The number of hydrogen-bond donors (Lipinski definition) is 3. The van der Waals surface area contributed by atoms with Crippen molar-refractivity contribution < 1.29 is 37.4 Å². The van der Waals surface area contributed by atoms with Crippen LogP contribution in [0.15, 0.2) is 0 Å². The van der Waals surface area contributed by atoms with Crippen molar-refractivity contribution in [1.29, 1.82) is 5.26 Å². The maximum atomic E-state index is 13.6. The minimum Gasteiger partial charge on any atom is -0.444 e. The molecule has 0 aliphatic carbocycles. The highest BCUT2D eigenvalue weighted by molar-refractivity contribution is 5.92. The molecule has 2 saturated heterocycles. The zero-order valence-electron chi connectivity index (χ0n) is 22.1. The van der Waals surface area contributed by atoms with Crippen LogP contribution in [-0.2, 0) is 23.9 Å². The zero-order chi connectivity index (χ0) is 28.1. The molecule has 0 bridgehead atoms. The second-order valence-corrected chi connectivity index (χ2v) is 11.4. The number of carbonyl (C=O) groups is 4. The van der Waals surface area contributed by atoms with Crippen LogP contribution in [0.1, 0.15) is 60.8 Å². The Balaban J connectivity index is 2.24. The van der Waals surface area contributed by atoms with E-state index in [1.807, 2.05) is 6.07 Å². The number of nitrogens with one attached hydrogen (secondary N) is 3. The van der Waals surface area contributed by atoms with Gasteiger partial charge < -0.3 is 30.3 Å². The molecule has 0 radical (unpaired) electrons. The molecule has 2 heterocycles. The van der Waals surface area contributed by atoms with E-state index in [4.69, 9.17) is 4.74 Å². The van der Waals surface area contributed by atoms with Crippen LogP contribution in [0.4, 0.5) is 13.6 Å². The van der Waals surface area contributed by atoms with Crippen LogP contribution in [0.3, 0.4) is 0 Å². The van der Waals surface area contributed by atoms with Crippen LogP contribution >= 0.6 is 0 Å². The number of ether oxygens (including phenoxy) is 2. The number of rotatable bonds is 8. The molecule has 208 valence electrons. The summed E-state index contributed by atoms with van der Waals surface area (Å²) in [5.41, 5.74) is -1.66. The molecule has 11 nitrogen and oxygen atoms in total. The number of carbonyl (C=O) groups excluding carboxylic acids is 4. The normalized spacial score (nSPS) is 23.7. The lowest BCUT2D eigenvalue weighted by atomic mass is 9.85. The molecule has 2 aliphatic rings. The molecule has 2 fully saturated rings. The van der Waals surface area contributed by atoms with Crippen LogP contribution in [0.5, 0.6) is 0 Å². The van der Waals surface area contributed by atoms with Gasteiger partial charge in [0.05, 0.1) is 12.2 Å². The van der Waals surface area contributed by atoms with Crippen molar-refractivity contribution in [2.75, 3.05) is 13.1 Å². The third-order valence-corrected chi connectivity index (χ3v) is 6.07. The van der Waals surface area contributed by atoms with Crippen molar-refractivity contribution >= 4 is 23.8 Å². The lowest BCUT2D eigenvalue weighted by molar-refractivity contribution is -0.160. The first-order chi connectivity index (χ1) is 17.0. The summed E-state index contributed by atoms with van der Waals surface area (Å²) in [6.45, 7) is 7.13. The second-order valence-electron chi connectivity index (χ2n) is 11.4. The fourth-order valence-electron chi connectivity index (χ4n) is 4.34. The van der Waals surface area contributed by atoms with E-state index in [0.29, 0.717) is 13.0 Å². The molecule has 0 spiro atoms. The first kappa shape index (κ1) is 30.2. The molecule has 0 unspecified atom stereocenters. The number of likely N-dealkylation sites (tertiary alicyclic amines) is 1. The monoisotopic (exact) mass is 529 g/mol. The first-order valence-corrected chi connectivity index (χ1v) is 12.2. The molecule has 2 rings (SSSR count). The molecule has 0 aromatic carbocycles. The molecule has 0 saturated carbocycles. The predicted octanol–water partition coefficient (Wildman–Crippen LogP) is 1.67. The highest BCUT2D eigenvalue weighted by Crippen LogP contribution is 2.28. The van der Waals surface area contributed by atoms with Gasteiger partial charge in [-0.2, -0.15) is 14.0 Å².